The van der Waals surface area contributed by atoms with Gasteiger partial charge in [0.15, 0.2) is 0 Å². The minimum atomic E-state index is -3.38. The molecule has 1 heterocycles. The lowest BCUT2D eigenvalue weighted by Gasteiger charge is -2.33. The zero-order valence-electron chi connectivity index (χ0n) is 11.1. The van der Waals surface area contributed by atoms with Gasteiger partial charge in [-0.15, -0.1) is 0 Å². The van der Waals surface area contributed by atoms with Crippen molar-refractivity contribution in [2.75, 3.05) is 25.6 Å². The van der Waals surface area contributed by atoms with Gasteiger partial charge in [-0.1, -0.05) is 22.4 Å². The van der Waals surface area contributed by atoms with Crippen molar-refractivity contribution in [1.82, 2.24) is 9.03 Å². The number of halogens is 1. The largest absolute Gasteiger partial charge is 0.385 e. The van der Waals surface area contributed by atoms with Crippen molar-refractivity contribution in [3.05, 3.63) is 0 Å². The third-order valence-corrected chi connectivity index (χ3v) is 5.80. The number of hydrogen-bond donors (Lipinski definition) is 1. The summed E-state index contributed by atoms with van der Waals surface area (Å²) in [6, 6.07) is -0.0290. The minimum Gasteiger partial charge on any atom is -0.385 e. The molecule has 1 saturated heterocycles. The molecular weight excluding hydrogens is 320 g/mol. The molecule has 1 fully saturated rings. The Labute approximate surface area is 119 Å². The van der Waals surface area contributed by atoms with Gasteiger partial charge in [-0.2, -0.15) is 17.4 Å². The molecule has 2 unspecified atom stereocenters. The molecule has 5 nitrogen and oxygen atoms in total. The van der Waals surface area contributed by atoms with E-state index in [2.05, 4.69) is 20.7 Å². The van der Waals surface area contributed by atoms with E-state index in [0.717, 1.165) is 19.3 Å². The lowest BCUT2D eigenvalue weighted by molar-refractivity contribution is 0.187. The lowest BCUT2D eigenvalue weighted by Crippen LogP contribution is -2.51. The summed E-state index contributed by atoms with van der Waals surface area (Å²) in [5, 5.41) is 0.595. The molecule has 18 heavy (non-hydrogen) atoms. The van der Waals surface area contributed by atoms with E-state index in [1.807, 2.05) is 6.92 Å². The number of nitrogens with zero attached hydrogens (tertiary/aromatic N) is 1. The van der Waals surface area contributed by atoms with Crippen LogP contribution in [0.2, 0.25) is 0 Å². The van der Waals surface area contributed by atoms with Crippen LogP contribution < -0.4 is 4.72 Å². The van der Waals surface area contributed by atoms with Crippen LogP contribution in [0.4, 0.5) is 0 Å². The molecule has 108 valence electrons. The van der Waals surface area contributed by atoms with E-state index >= 15 is 0 Å². The summed E-state index contributed by atoms with van der Waals surface area (Å²) in [4.78, 5) is 0. The number of rotatable bonds is 7. The molecule has 0 aromatic rings. The summed E-state index contributed by atoms with van der Waals surface area (Å²) in [6.07, 6.45) is 3.67. The van der Waals surface area contributed by atoms with Crippen molar-refractivity contribution in [2.45, 2.75) is 44.7 Å². The highest BCUT2D eigenvalue weighted by Gasteiger charge is 2.30. The van der Waals surface area contributed by atoms with Gasteiger partial charge < -0.3 is 4.74 Å². The van der Waals surface area contributed by atoms with E-state index in [1.54, 1.807) is 11.4 Å². The number of piperidine rings is 1. The van der Waals surface area contributed by atoms with E-state index in [1.165, 1.54) is 0 Å². The fourth-order valence-corrected chi connectivity index (χ4v) is 4.54. The molecule has 0 bridgehead atoms. The summed E-state index contributed by atoms with van der Waals surface area (Å²) < 4.78 is 33.9. The Bertz CT molecular complexity index is 337. The smallest absolute Gasteiger partial charge is 0.279 e. The third kappa shape index (κ3) is 4.77. The van der Waals surface area contributed by atoms with Crippen molar-refractivity contribution < 1.29 is 13.2 Å². The Morgan fingerprint density at radius 2 is 2.22 bits per heavy atom. The van der Waals surface area contributed by atoms with Gasteiger partial charge in [-0.05, 0) is 26.2 Å². The molecular formula is C11H23BrN2O3S. The zero-order valence-corrected chi connectivity index (χ0v) is 13.5. The van der Waals surface area contributed by atoms with Crippen LogP contribution in [0, 0.1) is 0 Å². The first-order chi connectivity index (χ1) is 8.51. The standard InChI is InChI=1S/C11H23BrN2O3S/c1-10-5-3-4-7-14(10)18(15,16)13-11(9-12)6-8-17-2/h10-11,13H,3-9H2,1-2H3. The normalized spacial score (nSPS) is 24.1. The molecule has 7 heteroatoms. The molecule has 0 spiro atoms. The summed E-state index contributed by atoms with van der Waals surface area (Å²) in [6.45, 7) is 3.14. The van der Waals surface area contributed by atoms with Gasteiger partial charge in [0.25, 0.3) is 10.2 Å². The van der Waals surface area contributed by atoms with Crippen LogP contribution in [0.15, 0.2) is 0 Å². The van der Waals surface area contributed by atoms with Gasteiger partial charge in [0.05, 0.1) is 0 Å². The Hall–Kier alpha value is 0.310. The summed E-state index contributed by atoms with van der Waals surface area (Å²) in [5.74, 6) is 0. The molecule has 0 saturated carbocycles. The van der Waals surface area contributed by atoms with Gasteiger partial charge in [-0.3, -0.25) is 0 Å². The molecule has 2 atom stereocenters. The van der Waals surface area contributed by atoms with Crippen molar-refractivity contribution in [1.29, 1.82) is 0 Å². The molecule has 1 aliphatic heterocycles. The minimum absolute atomic E-state index is 0.0923. The number of nitrogens with one attached hydrogen (secondary N) is 1. The summed E-state index contributed by atoms with van der Waals surface area (Å²) in [7, 11) is -1.76. The molecule has 1 N–H and O–H groups in total. The zero-order chi connectivity index (χ0) is 13.6. The predicted molar refractivity (Wildman–Crippen MR) is 76.1 cm³/mol. The maximum absolute atomic E-state index is 12.3. The summed E-state index contributed by atoms with van der Waals surface area (Å²) >= 11 is 3.34. The van der Waals surface area contributed by atoms with Gasteiger partial charge in [0.1, 0.15) is 0 Å². The first-order valence-electron chi connectivity index (χ1n) is 6.35. The Balaban J connectivity index is 2.61. The quantitative estimate of drug-likeness (QED) is 0.713. The van der Waals surface area contributed by atoms with Crippen molar-refractivity contribution in [3.8, 4) is 0 Å². The highest BCUT2D eigenvalue weighted by atomic mass is 79.9. The Morgan fingerprint density at radius 1 is 1.50 bits per heavy atom. The number of alkyl halides is 1. The highest BCUT2D eigenvalue weighted by molar-refractivity contribution is 9.09. The lowest BCUT2D eigenvalue weighted by atomic mass is 10.1. The number of ether oxygens (including phenoxy) is 1. The van der Waals surface area contributed by atoms with E-state index in [0.29, 0.717) is 24.9 Å². The first-order valence-corrected chi connectivity index (χ1v) is 8.91. The molecule has 0 aromatic heterocycles. The van der Waals surface area contributed by atoms with Crippen LogP contribution in [-0.4, -0.2) is 50.4 Å². The SMILES string of the molecule is COCCC(CBr)NS(=O)(=O)N1CCCCC1C. The Morgan fingerprint density at radius 3 is 2.78 bits per heavy atom. The number of hydrogen-bond acceptors (Lipinski definition) is 3. The predicted octanol–water partition coefficient (Wildman–Crippen LogP) is 1.50. The summed E-state index contributed by atoms with van der Waals surface area (Å²) in [5.41, 5.74) is 0. The molecule has 0 aliphatic carbocycles. The molecule has 0 radical (unpaired) electrons. The second-order valence-electron chi connectivity index (χ2n) is 4.71. The monoisotopic (exact) mass is 342 g/mol. The van der Waals surface area contributed by atoms with Crippen LogP contribution in [0.1, 0.15) is 32.6 Å². The topological polar surface area (TPSA) is 58.6 Å². The van der Waals surface area contributed by atoms with Crippen LogP contribution in [0.25, 0.3) is 0 Å². The second kappa shape index (κ2) is 7.79. The van der Waals surface area contributed by atoms with Crippen molar-refractivity contribution in [2.24, 2.45) is 0 Å². The van der Waals surface area contributed by atoms with Crippen molar-refractivity contribution in [3.63, 3.8) is 0 Å². The van der Waals surface area contributed by atoms with Crippen LogP contribution in [0.3, 0.4) is 0 Å². The average molecular weight is 343 g/mol. The van der Waals surface area contributed by atoms with E-state index < -0.39 is 10.2 Å². The van der Waals surface area contributed by atoms with Crippen LogP contribution in [0.5, 0.6) is 0 Å². The third-order valence-electron chi connectivity index (χ3n) is 3.22. The second-order valence-corrected chi connectivity index (χ2v) is 7.01. The van der Waals surface area contributed by atoms with E-state index in [4.69, 9.17) is 4.74 Å². The fourth-order valence-electron chi connectivity index (χ4n) is 2.13. The van der Waals surface area contributed by atoms with E-state index in [9.17, 15) is 8.42 Å². The fraction of sp³-hybridized carbons (Fsp3) is 1.00. The molecule has 0 amide bonds. The Kier molecular flexibility index (Phi) is 7.08. The average Bonchev–Trinajstić information content (AvgIpc) is 2.34. The van der Waals surface area contributed by atoms with Crippen LogP contribution in [-0.2, 0) is 14.9 Å². The van der Waals surface area contributed by atoms with Crippen LogP contribution >= 0.6 is 15.9 Å². The van der Waals surface area contributed by atoms with Crippen molar-refractivity contribution >= 4 is 26.1 Å². The van der Waals surface area contributed by atoms with Gasteiger partial charge in [-0.25, -0.2) is 0 Å². The maximum atomic E-state index is 12.3. The number of methoxy groups -OCH3 is 1. The van der Waals surface area contributed by atoms with Gasteiger partial charge in [0, 0.05) is 37.7 Å². The molecule has 1 rings (SSSR count). The first kappa shape index (κ1) is 16.4. The maximum Gasteiger partial charge on any atom is 0.279 e. The molecule has 1 aliphatic rings. The molecule has 0 aromatic carbocycles. The van der Waals surface area contributed by atoms with Gasteiger partial charge in [0.2, 0.25) is 0 Å². The van der Waals surface area contributed by atoms with E-state index in [-0.39, 0.29) is 12.1 Å². The highest BCUT2D eigenvalue weighted by Crippen LogP contribution is 2.19. The van der Waals surface area contributed by atoms with Gasteiger partial charge >= 0.3 is 0 Å².